The van der Waals surface area contributed by atoms with Crippen molar-refractivity contribution in [1.82, 2.24) is 10.6 Å². The van der Waals surface area contributed by atoms with Crippen molar-refractivity contribution in [2.45, 2.75) is 26.3 Å². The predicted molar refractivity (Wildman–Crippen MR) is 80.1 cm³/mol. The summed E-state index contributed by atoms with van der Waals surface area (Å²) in [5.41, 5.74) is 0.894. The maximum atomic E-state index is 11.7. The van der Waals surface area contributed by atoms with Crippen molar-refractivity contribution in [3.05, 3.63) is 28.8 Å². The Morgan fingerprint density at radius 1 is 1.45 bits per heavy atom. The fraction of sp³-hybridized carbons (Fsp3) is 0.533. The summed E-state index contributed by atoms with van der Waals surface area (Å²) in [6, 6.07) is 5.50. The molecule has 5 heteroatoms. The van der Waals surface area contributed by atoms with E-state index in [0.717, 1.165) is 18.7 Å². The van der Waals surface area contributed by atoms with Gasteiger partial charge in [-0.1, -0.05) is 24.6 Å². The topological polar surface area (TPSA) is 50.4 Å². The van der Waals surface area contributed by atoms with Crippen molar-refractivity contribution < 1.29 is 9.53 Å². The predicted octanol–water partition coefficient (Wildman–Crippen LogP) is 2.35. The first kappa shape index (κ1) is 15.1. The van der Waals surface area contributed by atoms with E-state index in [-0.39, 0.29) is 12.5 Å². The zero-order chi connectivity index (χ0) is 14.4. The van der Waals surface area contributed by atoms with E-state index in [0.29, 0.717) is 23.2 Å². The van der Waals surface area contributed by atoms with Crippen LogP contribution in [0.4, 0.5) is 0 Å². The Kier molecular flexibility index (Phi) is 5.68. The fourth-order valence-corrected chi connectivity index (χ4v) is 2.10. The lowest BCUT2D eigenvalue weighted by atomic mass is 10.2. The van der Waals surface area contributed by atoms with Gasteiger partial charge in [0.15, 0.2) is 6.61 Å². The van der Waals surface area contributed by atoms with Gasteiger partial charge in [0.1, 0.15) is 5.75 Å². The van der Waals surface area contributed by atoms with Crippen molar-refractivity contribution >= 4 is 17.5 Å². The van der Waals surface area contributed by atoms with Crippen LogP contribution in [0.2, 0.25) is 5.02 Å². The Morgan fingerprint density at radius 3 is 2.95 bits per heavy atom. The molecule has 110 valence electrons. The van der Waals surface area contributed by atoms with Crippen LogP contribution in [0.3, 0.4) is 0 Å². The van der Waals surface area contributed by atoms with Gasteiger partial charge < -0.3 is 15.4 Å². The maximum Gasteiger partial charge on any atom is 0.257 e. The van der Waals surface area contributed by atoms with Crippen LogP contribution in [0, 0.1) is 5.92 Å². The SMILES string of the molecule is CCNCc1c(Cl)cccc1OCC(=O)NCC1CC1. The molecular weight excluding hydrogens is 276 g/mol. The molecule has 1 aromatic carbocycles. The first-order valence-electron chi connectivity index (χ1n) is 7.08. The highest BCUT2D eigenvalue weighted by Gasteiger charge is 2.21. The Balaban J connectivity index is 1.86. The molecule has 0 heterocycles. The second kappa shape index (κ2) is 7.50. The normalized spacial score (nSPS) is 14.1. The number of carbonyl (C=O) groups is 1. The fourth-order valence-electron chi connectivity index (χ4n) is 1.87. The summed E-state index contributed by atoms with van der Waals surface area (Å²) < 4.78 is 5.59. The minimum absolute atomic E-state index is 0.0339. The molecule has 0 atom stereocenters. The van der Waals surface area contributed by atoms with Gasteiger partial charge >= 0.3 is 0 Å². The van der Waals surface area contributed by atoms with Gasteiger partial charge in [-0.3, -0.25) is 4.79 Å². The molecule has 1 aliphatic carbocycles. The Bertz CT molecular complexity index is 461. The Hall–Kier alpha value is -1.26. The van der Waals surface area contributed by atoms with Crippen LogP contribution < -0.4 is 15.4 Å². The van der Waals surface area contributed by atoms with Crippen LogP contribution >= 0.6 is 11.6 Å². The van der Waals surface area contributed by atoms with E-state index in [1.165, 1.54) is 12.8 Å². The number of amides is 1. The number of hydrogen-bond donors (Lipinski definition) is 2. The van der Waals surface area contributed by atoms with Gasteiger partial charge in [-0.25, -0.2) is 0 Å². The first-order chi connectivity index (χ1) is 9.70. The van der Waals surface area contributed by atoms with Crippen molar-refractivity contribution in [2.75, 3.05) is 19.7 Å². The average molecular weight is 297 g/mol. The minimum atomic E-state index is -0.0775. The largest absolute Gasteiger partial charge is 0.483 e. The number of carbonyl (C=O) groups excluding carboxylic acids is 1. The Labute approximate surface area is 124 Å². The third kappa shape index (κ3) is 4.69. The molecule has 1 saturated carbocycles. The van der Waals surface area contributed by atoms with Crippen molar-refractivity contribution in [3.63, 3.8) is 0 Å². The third-order valence-corrected chi connectivity index (χ3v) is 3.63. The molecule has 0 bridgehead atoms. The van der Waals surface area contributed by atoms with Gasteiger partial charge in [0.05, 0.1) is 0 Å². The van der Waals surface area contributed by atoms with E-state index in [1.54, 1.807) is 0 Å². The van der Waals surface area contributed by atoms with Crippen molar-refractivity contribution in [3.8, 4) is 5.75 Å². The van der Waals surface area contributed by atoms with Crippen LogP contribution in [-0.4, -0.2) is 25.6 Å². The van der Waals surface area contributed by atoms with Crippen LogP contribution in [0.5, 0.6) is 5.75 Å². The average Bonchev–Trinajstić information content (AvgIpc) is 3.26. The highest BCUT2D eigenvalue weighted by Crippen LogP contribution is 2.28. The smallest absolute Gasteiger partial charge is 0.257 e. The molecule has 1 fully saturated rings. The molecule has 2 N–H and O–H groups in total. The number of ether oxygens (including phenoxy) is 1. The minimum Gasteiger partial charge on any atom is -0.483 e. The van der Waals surface area contributed by atoms with Crippen LogP contribution in [0.15, 0.2) is 18.2 Å². The van der Waals surface area contributed by atoms with Gasteiger partial charge in [0.2, 0.25) is 0 Å². The summed E-state index contributed by atoms with van der Waals surface area (Å²) in [7, 11) is 0. The second-order valence-electron chi connectivity index (χ2n) is 5.03. The maximum absolute atomic E-state index is 11.7. The number of benzene rings is 1. The van der Waals surface area contributed by atoms with Gasteiger partial charge in [-0.15, -0.1) is 0 Å². The number of hydrogen-bond acceptors (Lipinski definition) is 3. The van der Waals surface area contributed by atoms with Crippen LogP contribution in [0.25, 0.3) is 0 Å². The van der Waals surface area contributed by atoms with Gasteiger partial charge in [-0.05, 0) is 37.4 Å². The molecule has 0 aromatic heterocycles. The molecule has 1 amide bonds. The zero-order valence-electron chi connectivity index (χ0n) is 11.7. The summed E-state index contributed by atoms with van der Waals surface area (Å²) in [4.78, 5) is 11.7. The van der Waals surface area contributed by atoms with E-state index < -0.39 is 0 Å². The molecule has 1 aliphatic rings. The van der Waals surface area contributed by atoms with E-state index in [2.05, 4.69) is 10.6 Å². The summed E-state index contributed by atoms with van der Waals surface area (Å²) in [5, 5.41) is 6.75. The van der Waals surface area contributed by atoms with Gasteiger partial charge in [0.25, 0.3) is 5.91 Å². The van der Waals surface area contributed by atoms with Gasteiger partial charge in [-0.2, -0.15) is 0 Å². The molecule has 0 radical (unpaired) electrons. The molecule has 0 unspecified atom stereocenters. The van der Waals surface area contributed by atoms with E-state index in [9.17, 15) is 4.79 Å². The lowest BCUT2D eigenvalue weighted by Gasteiger charge is -2.13. The molecular formula is C15H21ClN2O2. The molecule has 0 saturated heterocycles. The summed E-state index contributed by atoms with van der Waals surface area (Å²) >= 11 is 6.17. The number of rotatable bonds is 8. The lowest BCUT2D eigenvalue weighted by molar-refractivity contribution is -0.123. The molecule has 0 spiro atoms. The highest BCUT2D eigenvalue weighted by molar-refractivity contribution is 6.31. The van der Waals surface area contributed by atoms with Crippen LogP contribution in [0.1, 0.15) is 25.3 Å². The number of nitrogens with one attached hydrogen (secondary N) is 2. The molecule has 1 aromatic rings. The molecule has 20 heavy (non-hydrogen) atoms. The molecule has 0 aliphatic heterocycles. The zero-order valence-corrected chi connectivity index (χ0v) is 12.5. The molecule has 2 rings (SSSR count). The number of halogens is 1. The third-order valence-electron chi connectivity index (χ3n) is 3.27. The lowest BCUT2D eigenvalue weighted by Crippen LogP contribution is -2.30. The van der Waals surface area contributed by atoms with E-state index >= 15 is 0 Å². The van der Waals surface area contributed by atoms with Crippen LogP contribution in [-0.2, 0) is 11.3 Å². The first-order valence-corrected chi connectivity index (χ1v) is 7.46. The highest BCUT2D eigenvalue weighted by atomic mass is 35.5. The van der Waals surface area contributed by atoms with Crippen molar-refractivity contribution in [1.29, 1.82) is 0 Å². The Morgan fingerprint density at radius 2 is 2.25 bits per heavy atom. The summed E-state index contributed by atoms with van der Waals surface area (Å²) in [5.74, 6) is 1.26. The standard InChI is InChI=1S/C15H21ClN2O2/c1-2-17-9-12-13(16)4-3-5-14(12)20-10-15(19)18-8-11-6-7-11/h3-5,11,17H,2,6-10H2,1H3,(H,18,19). The summed E-state index contributed by atoms with van der Waals surface area (Å²) in [6.07, 6.45) is 2.45. The van der Waals surface area contributed by atoms with E-state index in [1.807, 2.05) is 25.1 Å². The van der Waals surface area contributed by atoms with Crippen molar-refractivity contribution in [2.24, 2.45) is 5.92 Å². The second-order valence-corrected chi connectivity index (χ2v) is 5.44. The monoisotopic (exact) mass is 296 g/mol. The quantitative estimate of drug-likeness (QED) is 0.774. The van der Waals surface area contributed by atoms with E-state index in [4.69, 9.17) is 16.3 Å². The summed E-state index contributed by atoms with van der Waals surface area (Å²) in [6.45, 7) is 4.32. The molecule has 4 nitrogen and oxygen atoms in total. The van der Waals surface area contributed by atoms with Gasteiger partial charge in [0, 0.05) is 23.7 Å².